The van der Waals surface area contributed by atoms with E-state index in [4.69, 9.17) is 10.8 Å². The lowest BCUT2D eigenvalue weighted by atomic mass is 10.0. The summed E-state index contributed by atoms with van der Waals surface area (Å²) in [6, 6.07) is 40.2. The molecule has 7 aromatic rings. The minimum atomic E-state index is -0.117. The standard InChI is InChI=1S/C34H29N5/c1-22(35)29-20-30-23(2)37-39(34(30)21-31(29)36-24-10-4-3-5-11-24)26-18-16-25(17-19-26)38-32-14-8-6-12-27(32)28-13-7-9-15-33(28)38/h3-22,36H,35H2,1-2H3. The highest BCUT2D eigenvalue weighted by molar-refractivity contribution is 6.09. The van der Waals surface area contributed by atoms with E-state index < -0.39 is 0 Å². The van der Waals surface area contributed by atoms with Gasteiger partial charge in [-0.3, -0.25) is 0 Å². The van der Waals surface area contributed by atoms with Crippen LogP contribution in [-0.2, 0) is 0 Å². The number of benzene rings is 5. The maximum atomic E-state index is 6.40. The molecule has 39 heavy (non-hydrogen) atoms. The van der Waals surface area contributed by atoms with Crippen LogP contribution in [0.4, 0.5) is 11.4 Å². The van der Waals surface area contributed by atoms with E-state index in [1.807, 2.05) is 29.8 Å². The molecule has 1 unspecified atom stereocenters. The highest BCUT2D eigenvalue weighted by Crippen LogP contribution is 2.34. The molecule has 0 aliphatic rings. The Hall–Kier alpha value is -4.87. The molecule has 5 aromatic carbocycles. The molecule has 0 radical (unpaired) electrons. The molecule has 0 aliphatic carbocycles. The van der Waals surface area contributed by atoms with Crippen molar-refractivity contribution in [2.24, 2.45) is 5.73 Å². The summed E-state index contributed by atoms with van der Waals surface area (Å²) in [5, 5.41) is 12.1. The van der Waals surface area contributed by atoms with Gasteiger partial charge in [0.15, 0.2) is 0 Å². The number of nitrogens with two attached hydrogens (primary N) is 1. The zero-order valence-corrected chi connectivity index (χ0v) is 22.0. The van der Waals surface area contributed by atoms with Gasteiger partial charge < -0.3 is 15.6 Å². The highest BCUT2D eigenvalue weighted by atomic mass is 15.3. The molecule has 0 saturated carbocycles. The number of nitrogens with zero attached hydrogens (tertiary/aromatic N) is 3. The van der Waals surface area contributed by atoms with Crippen molar-refractivity contribution in [3.63, 3.8) is 0 Å². The number of anilines is 2. The zero-order chi connectivity index (χ0) is 26.5. The summed E-state index contributed by atoms with van der Waals surface area (Å²) in [4.78, 5) is 0. The molecule has 0 amide bonds. The minimum Gasteiger partial charge on any atom is -0.355 e. The van der Waals surface area contributed by atoms with Crippen LogP contribution in [0.25, 0.3) is 44.1 Å². The van der Waals surface area contributed by atoms with Gasteiger partial charge in [0.25, 0.3) is 0 Å². The van der Waals surface area contributed by atoms with Gasteiger partial charge in [0, 0.05) is 39.3 Å². The Morgan fingerprint density at radius 2 is 1.26 bits per heavy atom. The van der Waals surface area contributed by atoms with Gasteiger partial charge in [0.05, 0.1) is 27.9 Å². The number of hydrogen-bond donors (Lipinski definition) is 2. The summed E-state index contributed by atoms with van der Waals surface area (Å²) in [7, 11) is 0. The molecule has 1 atom stereocenters. The molecule has 5 heteroatoms. The van der Waals surface area contributed by atoms with Crippen LogP contribution in [0, 0.1) is 6.92 Å². The number of aryl methyl sites for hydroxylation is 1. The van der Waals surface area contributed by atoms with Crippen LogP contribution in [0.15, 0.2) is 115 Å². The van der Waals surface area contributed by atoms with E-state index in [2.05, 4.69) is 114 Å². The second-order valence-electron chi connectivity index (χ2n) is 10.1. The van der Waals surface area contributed by atoms with Gasteiger partial charge >= 0.3 is 0 Å². The first-order chi connectivity index (χ1) is 19.1. The number of para-hydroxylation sites is 3. The molecule has 3 N–H and O–H groups in total. The van der Waals surface area contributed by atoms with Gasteiger partial charge in [0.2, 0.25) is 0 Å². The Labute approximate surface area is 227 Å². The Kier molecular flexibility index (Phi) is 5.46. The lowest BCUT2D eigenvalue weighted by molar-refractivity contribution is 0.822. The second kappa shape index (κ2) is 9.15. The van der Waals surface area contributed by atoms with Gasteiger partial charge in [-0.2, -0.15) is 5.10 Å². The van der Waals surface area contributed by atoms with Gasteiger partial charge in [-0.05, 0) is 80.1 Å². The molecule has 0 spiro atoms. The molecule has 0 fully saturated rings. The van der Waals surface area contributed by atoms with E-state index in [9.17, 15) is 0 Å². The first kappa shape index (κ1) is 23.3. The number of hydrogen-bond acceptors (Lipinski definition) is 3. The average molecular weight is 508 g/mol. The first-order valence-corrected chi connectivity index (χ1v) is 13.3. The topological polar surface area (TPSA) is 60.8 Å². The van der Waals surface area contributed by atoms with Crippen LogP contribution in [-0.4, -0.2) is 14.3 Å². The summed E-state index contributed by atoms with van der Waals surface area (Å²) in [5.74, 6) is 0. The third-order valence-corrected chi connectivity index (χ3v) is 7.51. The maximum Gasteiger partial charge on any atom is 0.0764 e. The Bertz CT molecular complexity index is 1910. The lowest BCUT2D eigenvalue weighted by Crippen LogP contribution is -2.08. The van der Waals surface area contributed by atoms with Gasteiger partial charge in [-0.15, -0.1) is 0 Å². The zero-order valence-electron chi connectivity index (χ0n) is 22.0. The summed E-state index contributed by atoms with van der Waals surface area (Å²) >= 11 is 0. The van der Waals surface area contributed by atoms with Crippen LogP contribution in [0.2, 0.25) is 0 Å². The molecule has 2 heterocycles. The van der Waals surface area contributed by atoms with Crippen LogP contribution in [0.5, 0.6) is 0 Å². The van der Waals surface area contributed by atoms with Crippen molar-refractivity contribution in [1.82, 2.24) is 14.3 Å². The summed E-state index contributed by atoms with van der Waals surface area (Å²) < 4.78 is 4.36. The Morgan fingerprint density at radius 3 is 1.90 bits per heavy atom. The van der Waals surface area contributed by atoms with Crippen molar-refractivity contribution in [2.45, 2.75) is 19.9 Å². The molecular weight excluding hydrogens is 478 g/mol. The molecule has 0 saturated heterocycles. The van der Waals surface area contributed by atoms with Gasteiger partial charge in [-0.1, -0.05) is 54.6 Å². The molecule has 5 nitrogen and oxygen atoms in total. The van der Waals surface area contributed by atoms with Crippen molar-refractivity contribution >= 4 is 44.1 Å². The van der Waals surface area contributed by atoms with E-state index in [1.54, 1.807) is 0 Å². The smallest absolute Gasteiger partial charge is 0.0764 e. The molecule has 2 aromatic heterocycles. The van der Waals surface area contributed by atoms with E-state index in [0.29, 0.717) is 0 Å². The number of aromatic nitrogens is 3. The van der Waals surface area contributed by atoms with Crippen LogP contribution < -0.4 is 11.1 Å². The summed E-state index contributed by atoms with van der Waals surface area (Å²) in [5.41, 5.74) is 16.0. The quantitative estimate of drug-likeness (QED) is 0.247. The fourth-order valence-corrected chi connectivity index (χ4v) is 5.63. The first-order valence-electron chi connectivity index (χ1n) is 13.3. The average Bonchev–Trinajstić information content (AvgIpc) is 3.47. The van der Waals surface area contributed by atoms with Crippen LogP contribution in [0.3, 0.4) is 0 Å². The van der Waals surface area contributed by atoms with E-state index in [-0.39, 0.29) is 6.04 Å². The molecule has 7 rings (SSSR count). The van der Waals surface area contributed by atoms with Crippen LogP contribution >= 0.6 is 0 Å². The molecule has 0 aliphatic heterocycles. The fraction of sp³-hybridized carbons (Fsp3) is 0.0882. The van der Waals surface area contributed by atoms with E-state index >= 15 is 0 Å². The van der Waals surface area contributed by atoms with E-state index in [1.165, 1.54) is 21.8 Å². The number of rotatable bonds is 5. The summed E-state index contributed by atoms with van der Waals surface area (Å²) in [6.45, 7) is 4.07. The predicted molar refractivity (Wildman–Crippen MR) is 162 cm³/mol. The predicted octanol–water partition coefficient (Wildman–Crippen LogP) is 8.19. The normalized spacial score (nSPS) is 12.4. The molecular formula is C34H29N5. The maximum absolute atomic E-state index is 6.40. The number of nitrogens with one attached hydrogen (secondary N) is 1. The van der Waals surface area contributed by atoms with Crippen LogP contribution in [0.1, 0.15) is 24.2 Å². The summed E-state index contributed by atoms with van der Waals surface area (Å²) in [6.07, 6.45) is 0. The highest BCUT2D eigenvalue weighted by Gasteiger charge is 2.17. The van der Waals surface area contributed by atoms with E-state index in [0.717, 1.165) is 44.9 Å². The minimum absolute atomic E-state index is 0.117. The van der Waals surface area contributed by atoms with Gasteiger partial charge in [0.1, 0.15) is 0 Å². The third kappa shape index (κ3) is 3.87. The molecule has 0 bridgehead atoms. The van der Waals surface area contributed by atoms with Crippen molar-refractivity contribution in [2.75, 3.05) is 5.32 Å². The second-order valence-corrected chi connectivity index (χ2v) is 10.1. The SMILES string of the molecule is Cc1nn(-c2ccc(-n3c4ccccc4c4ccccc43)cc2)c2cc(Nc3ccccc3)c(C(C)N)cc12. The largest absolute Gasteiger partial charge is 0.355 e. The van der Waals surface area contributed by atoms with Crippen molar-refractivity contribution in [3.8, 4) is 11.4 Å². The van der Waals surface area contributed by atoms with Crippen molar-refractivity contribution in [3.05, 3.63) is 127 Å². The van der Waals surface area contributed by atoms with Crippen molar-refractivity contribution in [1.29, 1.82) is 0 Å². The van der Waals surface area contributed by atoms with Crippen molar-refractivity contribution < 1.29 is 0 Å². The molecule has 190 valence electrons. The third-order valence-electron chi connectivity index (χ3n) is 7.51. The lowest BCUT2D eigenvalue weighted by Gasteiger charge is -2.16. The Morgan fingerprint density at radius 1 is 0.667 bits per heavy atom. The monoisotopic (exact) mass is 507 g/mol. The number of fused-ring (bicyclic) bond motifs is 4. The van der Waals surface area contributed by atoms with Gasteiger partial charge in [-0.25, -0.2) is 4.68 Å². The fourth-order valence-electron chi connectivity index (χ4n) is 5.63. The Balaban J connectivity index is 1.35.